The van der Waals surface area contributed by atoms with Crippen molar-refractivity contribution in [1.82, 2.24) is 5.32 Å². The number of rotatable bonds is 8. The van der Waals surface area contributed by atoms with E-state index in [9.17, 15) is 8.78 Å². The fourth-order valence-electron chi connectivity index (χ4n) is 1.63. The van der Waals surface area contributed by atoms with Gasteiger partial charge in [-0.25, -0.2) is 8.78 Å². The maximum absolute atomic E-state index is 13.0. The van der Waals surface area contributed by atoms with Gasteiger partial charge < -0.3 is 14.8 Å². The van der Waals surface area contributed by atoms with Crippen molar-refractivity contribution in [1.29, 1.82) is 0 Å². The number of ether oxygens (including phenoxy) is 2. The van der Waals surface area contributed by atoms with Crippen molar-refractivity contribution in [2.45, 2.75) is 12.5 Å². The molecule has 0 aliphatic heterocycles. The maximum Gasteiger partial charge on any atom is 0.126 e. The predicted octanol–water partition coefficient (Wildman–Crippen LogP) is 1.76. The third-order valence-corrected chi connectivity index (χ3v) is 2.56. The molecule has 1 aromatic rings. The van der Waals surface area contributed by atoms with E-state index in [1.807, 2.05) is 0 Å². The van der Waals surface area contributed by atoms with E-state index in [4.69, 9.17) is 9.47 Å². The van der Waals surface area contributed by atoms with Gasteiger partial charge in [0.1, 0.15) is 11.6 Å². The van der Waals surface area contributed by atoms with Gasteiger partial charge in [-0.15, -0.1) is 0 Å². The second-order valence-corrected chi connectivity index (χ2v) is 4.04. The van der Waals surface area contributed by atoms with Crippen LogP contribution in [0.5, 0.6) is 0 Å². The number of likely N-dealkylation sites (N-methyl/N-ethyl adjacent to an activating group) is 1. The number of halogens is 2. The van der Waals surface area contributed by atoms with Gasteiger partial charge in [0.05, 0.1) is 19.8 Å². The number of hydrogen-bond acceptors (Lipinski definition) is 3. The minimum absolute atomic E-state index is 0.0167. The fraction of sp³-hybridized carbons (Fsp3) is 0.538. The second kappa shape index (κ2) is 8.13. The molecule has 1 unspecified atom stereocenters. The highest BCUT2D eigenvalue weighted by Gasteiger charge is 2.09. The van der Waals surface area contributed by atoms with Gasteiger partial charge in [0.25, 0.3) is 0 Å². The molecule has 1 N–H and O–H groups in total. The lowest BCUT2D eigenvalue weighted by atomic mass is 10.1. The van der Waals surface area contributed by atoms with Gasteiger partial charge in [-0.3, -0.25) is 0 Å². The molecule has 0 spiro atoms. The first kappa shape index (κ1) is 15.0. The Balaban J connectivity index is 2.46. The summed E-state index contributed by atoms with van der Waals surface area (Å²) in [4.78, 5) is 0. The minimum Gasteiger partial charge on any atom is -0.382 e. The molecule has 0 aliphatic rings. The van der Waals surface area contributed by atoms with Crippen LogP contribution in [0.4, 0.5) is 8.78 Å². The molecule has 18 heavy (non-hydrogen) atoms. The largest absolute Gasteiger partial charge is 0.382 e. The van der Waals surface area contributed by atoms with Crippen molar-refractivity contribution in [2.75, 3.05) is 34.0 Å². The fourth-order valence-corrected chi connectivity index (χ4v) is 1.63. The summed E-state index contributed by atoms with van der Waals surface area (Å²) in [5.41, 5.74) is 0.613. The molecule has 0 aliphatic carbocycles. The highest BCUT2D eigenvalue weighted by molar-refractivity contribution is 5.18. The van der Waals surface area contributed by atoms with E-state index in [1.54, 1.807) is 14.2 Å². The molecular formula is C13H19F2NO2. The van der Waals surface area contributed by atoms with Crippen LogP contribution in [-0.4, -0.2) is 40.0 Å². The smallest absolute Gasteiger partial charge is 0.126 e. The summed E-state index contributed by atoms with van der Waals surface area (Å²) >= 11 is 0. The molecule has 1 atom stereocenters. The summed E-state index contributed by atoms with van der Waals surface area (Å²) in [7, 11) is 3.40. The summed E-state index contributed by atoms with van der Waals surface area (Å²) in [5.74, 6) is -1.11. The monoisotopic (exact) mass is 259 g/mol. The van der Waals surface area contributed by atoms with Crippen molar-refractivity contribution in [3.8, 4) is 0 Å². The lowest BCUT2D eigenvalue weighted by molar-refractivity contribution is 0.0597. The molecule has 102 valence electrons. The van der Waals surface area contributed by atoms with Crippen LogP contribution < -0.4 is 5.32 Å². The zero-order valence-electron chi connectivity index (χ0n) is 10.7. The summed E-state index contributed by atoms with van der Waals surface area (Å²) in [6, 6.07) is 3.56. The minimum atomic E-state index is -0.555. The Morgan fingerprint density at radius 3 is 2.39 bits per heavy atom. The van der Waals surface area contributed by atoms with E-state index in [1.165, 1.54) is 12.1 Å². The molecule has 0 bridgehead atoms. The second-order valence-electron chi connectivity index (χ2n) is 4.04. The Morgan fingerprint density at radius 1 is 1.17 bits per heavy atom. The molecule has 0 aromatic heterocycles. The average molecular weight is 259 g/mol. The van der Waals surface area contributed by atoms with E-state index in [2.05, 4.69) is 5.32 Å². The number of benzene rings is 1. The van der Waals surface area contributed by atoms with Gasteiger partial charge in [-0.1, -0.05) is 0 Å². The van der Waals surface area contributed by atoms with Crippen LogP contribution in [0.1, 0.15) is 5.56 Å². The number of nitrogens with one attached hydrogen (secondary N) is 1. The Morgan fingerprint density at radius 2 is 1.83 bits per heavy atom. The predicted molar refractivity (Wildman–Crippen MR) is 65.6 cm³/mol. The molecule has 5 heteroatoms. The molecule has 0 saturated heterocycles. The lowest BCUT2D eigenvalue weighted by Crippen LogP contribution is -2.33. The van der Waals surface area contributed by atoms with E-state index in [-0.39, 0.29) is 6.04 Å². The van der Waals surface area contributed by atoms with Gasteiger partial charge in [-0.05, 0) is 31.2 Å². The van der Waals surface area contributed by atoms with Crippen LogP contribution >= 0.6 is 0 Å². The SMILES string of the molecule is CNC(COCCOC)Cc1cc(F)cc(F)c1. The Hall–Kier alpha value is -1.04. The van der Waals surface area contributed by atoms with Crippen LogP contribution in [0, 0.1) is 11.6 Å². The van der Waals surface area contributed by atoms with Crippen LogP contribution in [0.25, 0.3) is 0 Å². The van der Waals surface area contributed by atoms with Crippen molar-refractivity contribution in [3.05, 3.63) is 35.4 Å². The van der Waals surface area contributed by atoms with Crippen LogP contribution in [0.3, 0.4) is 0 Å². The molecule has 0 radical (unpaired) electrons. The van der Waals surface area contributed by atoms with E-state index in [0.717, 1.165) is 6.07 Å². The summed E-state index contributed by atoms with van der Waals surface area (Å²) in [6.45, 7) is 1.51. The molecule has 1 rings (SSSR count). The average Bonchev–Trinajstić information content (AvgIpc) is 2.32. The van der Waals surface area contributed by atoms with Crippen LogP contribution in [0.2, 0.25) is 0 Å². The van der Waals surface area contributed by atoms with Crippen molar-refractivity contribution < 1.29 is 18.3 Å². The van der Waals surface area contributed by atoms with E-state index in [0.29, 0.717) is 31.8 Å². The zero-order chi connectivity index (χ0) is 13.4. The third-order valence-electron chi connectivity index (χ3n) is 2.56. The van der Waals surface area contributed by atoms with Gasteiger partial charge in [0.2, 0.25) is 0 Å². The summed E-state index contributed by atoms with van der Waals surface area (Å²) in [6.07, 6.45) is 0.512. The zero-order valence-corrected chi connectivity index (χ0v) is 10.7. The Labute approximate surface area is 106 Å². The van der Waals surface area contributed by atoms with Crippen LogP contribution in [0.15, 0.2) is 18.2 Å². The van der Waals surface area contributed by atoms with Crippen molar-refractivity contribution >= 4 is 0 Å². The first-order valence-corrected chi connectivity index (χ1v) is 5.84. The van der Waals surface area contributed by atoms with E-state index >= 15 is 0 Å². The normalized spacial score (nSPS) is 12.7. The molecular weight excluding hydrogens is 240 g/mol. The first-order valence-electron chi connectivity index (χ1n) is 5.84. The highest BCUT2D eigenvalue weighted by atomic mass is 19.1. The van der Waals surface area contributed by atoms with Crippen molar-refractivity contribution in [3.63, 3.8) is 0 Å². The molecule has 0 amide bonds. The standard InChI is InChI=1S/C13H19F2NO2/c1-16-13(9-18-4-3-17-2)7-10-5-11(14)8-12(15)6-10/h5-6,8,13,16H,3-4,7,9H2,1-2H3. The first-order chi connectivity index (χ1) is 8.65. The molecule has 3 nitrogen and oxygen atoms in total. The van der Waals surface area contributed by atoms with Gasteiger partial charge >= 0.3 is 0 Å². The van der Waals surface area contributed by atoms with Gasteiger partial charge in [0.15, 0.2) is 0 Å². The summed E-state index contributed by atoms with van der Waals surface area (Å²) < 4.78 is 36.3. The van der Waals surface area contributed by atoms with Gasteiger partial charge in [-0.2, -0.15) is 0 Å². The number of methoxy groups -OCH3 is 1. The Bertz CT molecular complexity index is 341. The maximum atomic E-state index is 13.0. The molecule has 0 fully saturated rings. The molecule has 1 aromatic carbocycles. The quantitative estimate of drug-likeness (QED) is 0.722. The molecule has 0 saturated carbocycles. The van der Waals surface area contributed by atoms with E-state index < -0.39 is 11.6 Å². The third kappa shape index (κ3) is 5.53. The topological polar surface area (TPSA) is 30.5 Å². The molecule has 0 heterocycles. The van der Waals surface area contributed by atoms with Crippen molar-refractivity contribution in [2.24, 2.45) is 0 Å². The lowest BCUT2D eigenvalue weighted by Gasteiger charge is -2.16. The van der Waals surface area contributed by atoms with Crippen LogP contribution in [-0.2, 0) is 15.9 Å². The van der Waals surface area contributed by atoms with Gasteiger partial charge in [0, 0.05) is 19.2 Å². The highest BCUT2D eigenvalue weighted by Crippen LogP contribution is 2.10. The summed E-state index contributed by atoms with van der Waals surface area (Å²) in [5, 5.41) is 3.06. The number of hydrogen-bond donors (Lipinski definition) is 1. The Kier molecular flexibility index (Phi) is 6.78.